The smallest absolute Gasteiger partial charge is 0.172 e. The normalized spacial score (nSPS) is 10.7. The Morgan fingerprint density at radius 1 is 0.926 bits per heavy atom. The number of thiophene rings is 1. The van der Waals surface area contributed by atoms with Crippen LogP contribution in [0.3, 0.4) is 0 Å². The summed E-state index contributed by atoms with van der Waals surface area (Å²) in [6, 6.07) is 17.9. The van der Waals surface area contributed by atoms with Gasteiger partial charge in [-0.05, 0) is 41.3 Å². The Morgan fingerprint density at radius 2 is 1.70 bits per heavy atom. The quantitative estimate of drug-likeness (QED) is 0.513. The van der Waals surface area contributed by atoms with Gasteiger partial charge in [0, 0.05) is 18.0 Å². The van der Waals surface area contributed by atoms with E-state index in [1.165, 1.54) is 0 Å². The highest BCUT2D eigenvalue weighted by atomic mass is 32.1. The number of hydrogen-bond acceptors (Lipinski definition) is 6. The number of fused-ring (bicyclic) bond motifs is 1. The van der Waals surface area contributed by atoms with Crippen molar-refractivity contribution in [3.8, 4) is 22.2 Å². The zero-order valence-electron chi connectivity index (χ0n) is 15.1. The van der Waals surface area contributed by atoms with Crippen molar-refractivity contribution in [3.05, 3.63) is 65.5 Å². The molecule has 0 amide bonds. The first-order chi connectivity index (χ1) is 13.3. The average Bonchev–Trinajstić information content (AvgIpc) is 3.26. The van der Waals surface area contributed by atoms with Crippen LogP contribution in [0.2, 0.25) is 0 Å². The van der Waals surface area contributed by atoms with Crippen molar-refractivity contribution in [2.45, 2.75) is 6.54 Å². The van der Waals surface area contributed by atoms with Crippen molar-refractivity contribution >= 4 is 28.1 Å². The van der Waals surface area contributed by atoms with Gasteiger partial charge < -0.3 is 14.8 Å². The molecule has 2 aromatic heterocycles. The van der Waals surface area contributed by atoms with Crippen LogP contribution < -0.4 is 14.8 Å². The molecule has 0 aliphatic heterocycles. The van der Waals surface area contributed by atoms with Crippen molar-refractivity contribution in [1.82, 2.24) is 9.97 Å². The summed E-state index contributed by atoms with van der Waals surface area (Å²) in [5, 5.41) is 6.48. The van der Waals surface area contributed by atoms with E-state index in [9.17, 15) is 0 Å². The number of methoxy groups -OCH3 is 2. The Kier molecular flexibility index (Phi) is 4.89. The molecular formula is C21H19N3O2S. The number of ether oxygens (including phenoxy) is 2. The van der Waals surface area contributed by atoms with Crippen LogP contribution in [0.25, 0.3) is 21.6 Å². The third-order valence-corrected chi connectivity index (χ3v) is 5.08. The molecule has 0 unspecified atom stereocenters. The van der Waals surface area contributed by atoms with Crippen LogP contribution >= 0.6 is 11.3 Å². The lowest BCUT2D eigenvalue weighted by Gasteiger charge is -2.12. The fourth-order valence-electron chi connectivity index (χ4n) is 2.88. The predicted molar refractivity (Wildman–Crippen MR) is 110 cm³/mol. The maximum absolute atomic E-state index is 5.36. The second kappa shape index (κ2) is 7.63. The predicted octanol–water partition coefficient (Wildman–Crippen LogP) is 4.99. The Hall–Kier alpha value is -3.12. The molecule has 0 saturated carbocycles. The maximum atomic E-state index is 5.36. The molecule has 0 atom stereocenters. The van der Waals surface area contributed by atoms with Gasteiger partial charge in [0.05, 0.1) is 24.6 Å². The lowest BCUT2D eigenvalue weighted by atomic mass is 10.2. The van der Waals surface area contributed by atoms with E-state index in [0.717, 1.165) is 44.5 Å². The minimum Gasteiger partial charge on any atom is -0.497 e. The van der Waals surface area contributed by atoms with Gasteiger partial charge in [-0.15, -0.1) is 11.3 Å². The SMILES string of the molecule is COc1cc(CNc2nc(-c3cccs3)nc3ccccc23)cc(OC)c1. The molecule has 0 spiro atoms. The van der Waals surface area contributed by atoms with Crippen LogP contribution in [-0.4, -0.2) is 24.2 Å². The fraction of sp³-hybridized carbons (Fsp3) is 0.143. The number of benzene rings is 2. The van der Waals surface area contributed by atoms with E-state index in [-0.39, 0.29) is 0 Å². The minimum atomic E-state index is 0.596. The summed E-state index contributed by atoms with van der Waals surface area (Å²) in [5.74, 6) is 3.07. The second-order valence-electron chi connectivity index (χ2n) is 5.96. The van der Waals surface area contributed by atoms with E-state index in [4.69, 9.17) is 19.4 Å². The number of anilines is 1. The van der Waals surface area contributed by atoms with Crippen LogP contribution in [0.1, 0.15) is 5.56 Å². The molecule has 2 aromatic carbocycles. The highest BCUT2D eigenvalue weighted by Crippen LogP contribution is 2.28. The third-order valence-electron chi connectivity index (χ3n) is 4.22. The zero-order chi connectivity index (χ0) is 18.6. The van der Waals surface area contributed by atoms with E-state index in [1.54, 1.807) is 25.6 Å². The third kappa shape index (κ3) is 3.71. The first-order valence-electron chi connectivity index (χ1n) is 8.53. The Balaban J connectivity index is 1.69. The van der Waals surface area contributed by atoms with Crippen molar-refractivity contribution in [2.24, 2.45) is 0 Å². The molecule has 4 aromatic rings. The van der Waals surface area contributed by atoms with Gasteiger partial charge in [0.2, 0.25) is 0 Å². The summed E-state index contributed by atoms with van der Waals surface area (Å²) in [4.78, 5) is 10.5. The van der Waals surface area contributed by atoms with Gasteiger partial charge in [-0.2, -0.15) is 0 Å². The average molecular weight is 377 g/mol. The van der Waals surface area contributed by atoms with Crippen molar-refractivity contribution in [1.29, 1.82) is 0 Å². The minimum absolute atomic E-state index is 0.596. The monoisotopic (exact) mass is 377 g/mol. The summed E-state index contributed by atoms with van der Waals surface area (Å²) in [6.45, 7) is 0.596. The second-order valence-corrected chi connectivity index (χ2v) is 6.91. The number of rotatable bonds is 6. The van der Waals surface area contributed by atoms with Gasteiger partial charge in [0.15, 0.2) is 5.82 Å². The standard InChI is InChI=1S/C21H19N3O2S/c1-25-15-10-14(11-16(12-15)26-2)13-22-20-17-6-3-4-7-18(17)23-21(24-20)19-8-5-9-27-19/h3-12H,13H2,1-2H3,(H,22,23,24). The molecule has 5 nitrogen and oxygen atoms in total. The summed E-state index contributed by atoms with van der Waals surface area (Å²) in [7, 11) is 3.30. The van der Waals surface area contributed by atoms with Gasteiger partial charge >= 0.3 is 0 Å². The van der Waals surface area contributed by atoms with Crippen LogP contribution in [0.4, 0.5) is 5.82 Å². The number of nitrogens with zero attached hydrogens (tertiary/aromatic N) is 2. The van der Waals surface area contributed by atoms with E-state index < -0.39 is 0 Å². The molecule has 1 N–H and O–H groups in total. The molecular weight excluding hydrogens is 358 g/mol. The van der Waals surface area contributed by atoms with Gasteiger partial charge in [0.25, 0.3) is 0 Å². The first-order valence-corrected chi connectivity index (χ1v) is 9.41. The Bertz CT molecular complexity index is 1040. The molecule has 4 rings (SSSR count). The van der Waals surface area contributed by atoms with E-state index in [1.807, 2.05) is 60.0 Å². The number of nitrogens with one attached hydrogen (secondary N) is 1. The molecule has 0 fully saturated rings. The molecule has 0 saturated heterocycles. The highest BCUT2D eigenvalue weighted by molar-refractivity contribution is 7.13. The van der Waals surface area contributed by atoms with Crippen LogP contribution in [0.5, 0.6) is 11.5 Å². The van der Waals surface area contributed by atoms with E-state index >= 15 is 0 Å². The summed E-state index contributed by atoms with van der Waals surface area (Å²) in [6.07, 6.45) is 0. The lowest BCUT2D eigenvalue weighted by molar-refractivity contribution is 0.393. The summed E-state index contributed by atoms with van der Waals surface area (Å²) >= 11 is 1.63. The lowest BCUT2D eigenvalue weighted by Crippen LogP contribution is -2.04. The van der Waals surface area contributed by atoms with Gasteiger partial charge in [0.1, 0.15) is 17.3 Å². The number of hydrogen-bond donors (Lipinski definition) is 1. The summed E-state index contributed by atoms with van der Waals surface area (Å²) < 4.78 is 10.7. The van der Waals surface area contributed by atoms with Crippen molar-refractivity contribution < 1.29 is 9.47 Å². The highest BCUT2D eigenvalue weighted by Gasteiger charge is 2.10. The van der Waals surface area contributed by atoms with Gasteiger partial charge in [-0.25, -0.2) is 9.97 Å². The fourth-order valence-corrected chi connectivity index (χ4v) is 3.54. The van der Waals surface area contributed by atoms with Crippen LogP contribution in [0, 0.1) is 0 Å². The molecule has 136 valence electrons. The Morgan fingerprint density at radius 3 is 2.41 bits per heavy atom. The summed E-state index contributed by atoms with van der Waals surface area (Å²) in [5.41, 5.74) is 1.97. The Labute approximate surface area is 161 Å². The molecule has 0 aliphatic carbocycles. The molecule has 6 heteroatoms. The van der Waals surface area contributed by atoms with E-state index in [2.05, 4.69) is 5.32 Å². The molecule has 27 heavy (non-hydrogen) atoms. The van der Waals surface area contributed by atoms with Crippen molar-refractivity contribution in [2.75, 3.05) is 19.5 Å². The van der Waals surface area contributed by atoms with Crippen LogP contribution in [-0.2, 0) is 6.54 Å². The maximum Gasteiger partial charge on any atom is 0.172 e. The van der Waals surface area contributed by atoms with Crippen molar-refractivity contribution in [3.63, 3.8) is 0 Å². The molecule has 0 radical (unpaired) electrons. The van der Waals surface area contributed by atoms with Crippen LogP contribution in [0.15, 0.2) is 60.0 Å². The largest absolute Gasteiger partial charge is 0.497 e. The topological polar surface area (TPSA) is 56.3 Å². The number of aromatic nitrogens is 2. The van der Waals surface area contributed by atoms with E-state index in [0.29, 0.717) is 6.54 Å². The van der Waals surface area contributed by atoms with Gasteiger partial charge in [-0.3, -0.25) is 0 Å². The molecule has 0 aliphatic rings. The number of para-hydroxylation sites is 1. The molecule has 2 heterocycles. The molecule has 0 bridgehead atoms. The zero-order valence-corrected chi connectivity index (χ0v) is 15.9. The first kappa shape index (κ1) is 17.3. The van der Waals surface area contributed by atoms with Gasteiger partial charge in [-0.1, -0.05) is 18.2 Å².